The average molecular weight is 279 g/mol. The largest absolute Gasteiger partial charge is 0.377 e. The van der Waals surface area contributed by atoms with E-state index in [-0.39, 0.29) is 12.2 Å². The lowest BCUT2D eigenvalue weighted by molar-refractivity contribution is -0.00461. The zero-order chi connectivity index (χ0) is 14.5. The minimum atomic E-state index is 0.111. The first kappa shape index (κ1) is 15.2. The number of nitrogens with one attached hydrogen (secondary N) is 1. The Hall–Kier alpha value is -1.17. The van der Waals surface area contributed by atoms with E-state index in [0.29, 0.717) is 0 Å². The lowest BCUT2D eigenvalue weighted by Crippen LogP contribution is -2.27. The van der Waals surface area contributed by atoms with E-state index in [9.17, 15) is 0 Å². The first-order valence-electron chi connectivity index (χ1n) is 7.16. The minimum Gasteiger partial charge on any atom is -0.377 e. The molecular weight excluding hydrogens is 254 g/mol. The Morgan fingerprint density at radius 1 is 1.25 bits per heavy atom. The summed E-state index contributed by atoms with van der Waals surface area (Å²) in [5, 5.41) is 3.20. The fraction of sp³-hybridized carbons (Fsp3) is 0.667. The molecule has 0 spiro atoms. The van der Waals surface area contributed by atoms with Gasteiger partial charge in [0.1, 0.15) is 18.0 Å². The Labute approximate surface area is 121 Å². The van der Waals surface area contributed by atoms with Crippen molar-refractivity contribution in [3.05, 3.63) is 23.4 Å². The number of nitrogens with zero attached hydrogens (tertiary/aromatic N) is 2. The highest BCUT2D eigenvalue weighted by atomic mass is 16.5. The fourth-order valence-electron chi connectivity index (χ4n) is 2.67. The van der Waals surface area contributed by atoms with Crippen LogP contribution in [0.25, 0.3) is 0 Å². The summed E-state index contributed by atoms with van der Waals surface area (Å²) in [6, 6.07) is 4.32. The van der Waals surface area contributed by atoms with Crippen LogP contribution >= 0.6 is 0 Å². The smallest absolute Gasteiger partial charge is 0.129 e. The SMILES string of the molecule is CCc1cc(CNC)cc(N2CC(OC)C(OC)C2)n1. The summed E-state index contributed by atoms with van der Waals surface area (Å²) in [4.78, 5) is 6.99. The van der Waals surface area contributed by atoms with E-state index >= 15 is 0 Å². The van der Waals surface area contributed by atoms with Crippen LogP contribution in [0.2, 0.25) is 0 Å². The molecule has 0 amide bonds. The van der Waals surface area contributed by atoms with Crippen molar-refractivity contribution in [2.24, 2.45) is 0 Å². The van der Waals surface area contributed by atoms with E-state index in [1.807, 2.05) is 7.05 Å². The summed E-state index contributed by atoms with van der Waals surface area (Å²) >= 11 is 0. The molecule has 1 aromatic heterocycles. The first-order chi connectivity index (χ1) is 9.71. The normalized spacial score (nSPS) is 22.5. The number of anilines is 1. The Bertz CT molecular complexity index is 427. The number of rotatable bonds is 6. The summed E-state index contributed by atoms with van der Waals surface area (Å²) in [5.41, 5.74) is 2.40. The van der Waals surface area contributed by atoms with Crippen molar-refractivity contribution in [3.8, 4) is 0 Å². The summed E-state index contributed by atoms with van der Waals surface area (Å²) in [6.07, 6.45) is 1.17. The summed E-state index contributed by atoms with van der Waals surface area (Å²) in [6.45, 7) is 4.65. The van der Waals surface area contributed by atoms with Crippen LogP contribution in [0, 0.1) is 0 Å². The monoisotopic (exact) mass is 279 g/mol. The predicted octanol–water partition coefficient (Wildman–Crippen LogP) is 1.21. The van der Waals surface area contributed by atoms with Crippen LogP contribution in [-0.2, 0) is 22.4 Å². The molecule has 2 unspecified atom stereocenters. The second-order valence-electron chi connectivity index (χ2n) is 5.16. The van der Waals surface area contributed by atoms with Gasteiger partial charge in [-0.05, 0) is 31.2 Å². The molecule has 1 aliphatic rings. The van der Waals surface area contributed by atoms with E-state index in [2.05, 4.69) is 29.3 Å². The first-order valence-corrected chi connectivity index (χ1v) is 7.16. The predicted molar refractivity (Wildman–Crippen MR) is 80.2 cm³/mol. The molecule has 1 N–H and O–H groups in total. The molecule has 1 saturated heterocycles. The number of hydrogen-bond donors (Lipinski definition) is 1. The highest BCUT2D eigenvalue weighted by Crippen LogP contribution is 2.23. The molecular formula is C15H25N3O2. The van der Waals surface area contributed by atoms with Crippen molar-refractivity contribution in [2.75, 3.05) is 39.3 Å². The number of hydrogen-bond acceptors (Lipinski definition) is 5. The topological polar surface area (TPSA) is 46.6 Å². The Kier molecular flexibility index (Phi) is 5.34. The van der Waals surface area contributed by atoms with Crippen molar-refractivity contribution in [1.29, 1.82) is 0 Å². The molecule has 1 aromatic rings. The van der Waals surface area contributed by atoms with Crippen LogP contribution in [0.1, 0.15) is 18.2 Å². The lowest BCUT2D eigenvalue weighted by Gasteiger charge is -2.19. The van der Waals surface area contributed by atoms with Gasteiger partial charge in [-0.2, -0.15) is 0 Å². The number of aromatic nitrogens is 1. The fourth-order valence-corrected chi connectivity index (χ4v) is 2.67. The van der Waals surface area contributed by atoms with Crippen LogP contribution in [0.15, 0.2) is 12.1 Å². The van der Waals surface area contributed by atoms with Crippen LogP contribution in [0.4, 0.5) is 5.82 Å². The van der Waals surface area contributed by atoms with Gasteiger partial charge in [-0.1, -0.05) is 6.92 Å². The molecule has 20 heavy (non-hydrogen) atoms. The van der Waals surface area contributed by atoms with Gasteiger partial charge in [0.2, 0.25) is 0 Å². The third-order valence-electron chi connectivity index (χ3n) is 3.81. The molecule has 2 heterocycles. The van der Waals surface area contributed by atoms with Crippen LogP contribution in [-0.4, -0.2) is 51.5 Å². The lowest BCUT2D eigenvalue weighted by atomic mass is 10.2. The molecule has 2 rings (SSSR count). The number of pyridine rings is 1. The molecule has 0 radical (unpaired) electrons. The van der Waals surface area contributed by atoms with Crippen molar-refractivity contribution in [2.45, 2.75) is 32.1 Å². The molecule has 0 saturated carbocycles. The Morgan fingerprint density at radius 3 is 2.40 bits per heavy atom. The summed E-state index contributed by atoms with van der Waals surface area (Å²) in [7, 11) is 5.44. The third kappa shape index (κ3) is 3.29. The van der Waals surface area contributed by atoms with Gasteiger partial charge in [0, 0.05) is 39.5 Å². The Morgan fingerprint density at radius 2 is 1.90 bits per heavy atom. The van der Waals surface area contributed by atoms with Crippen LogP contribution < -0.4 is 10.2 Å². The van der Waals surface area contributed by atoms with Crippen molar-refractivity contribution in [3.63, 3.8) is 0 Å². The second-order valence-corrected chi connectivity index (χ2v) is 5.16. The summed E-state index contributed by atoms with van der Waals surface area (Å²) in [5.74, 6) is 1.02. The number of aryl methyl sites for hydroxylation is 1. The van der Waals surface area contributed by atoms with Gasteiger partial charge >= 0.3 is 0 Å². The van der Waals surface area contributed by atoms with Gasteiger partial charge in [-0.15, -0.1) is 0 Å². The molecule has 1 fully saturated rings. The van der Waals surface area contributed by atoms with E-state index in [0.717, 1.165) is 37.6 Å². The molecule has 5 heteroatoms. The second kappa shape index (κ2) is 7.02. The zero-order valence-electron chi connectivity index (χ0n) is 12.8. The Balaban J connectivity index is 2.21. The molecule has 0 aromatic carbocycles. The van der Waals surface area contributed by atoms with Crippen molar-refractivity contribution < 1.29 is 9.47 Å². The molecule has 112 valence electrons. The minimum absolute atomic E-state index is 0.111. The van der Waals surface area contributed by atoms with Gasteiger partial charge in [-0.3, -0.25) is 0 Å². The van der Waals surface area contributed by atoms with Crippen LogP contribution in [0.5, 0.6) is 0 Å². The van der Waals surface area contributed by atoms with Crippen molar-refractivity contribution in [1.82, 2.24) is 10.3 Å². The molecule has 0 aliphatic carbocycles. The summed E-state index contributed by atoms with van der Waals surface area (Å²) < 4.78 is 11.0. The maximum absolute atomic E-state index is 5.49. The van der Waals surface area contributed by atoms with E-state index in [1.165, 1.54) is 5.56 Å². The van der Waals surface area contributed by atoms with Crippen LogP contribution in [0.3, 0.4) is 0 Å². The zero-order valence-corrected chi connectivity index (χ0v) is 12.8. The van der Waals surface area contributed by atoms with Gasteiger partial charge in [-0.25, -0.2) is 4.98 Å². The highest BCUT2D eigenvalue weighted by molar-refractivity contribution is 5.44. The van der Waals surface area contributed by atoms with E-state index in [4.69, 9.17) is 14.5 Å². The van der Waals surface area contributed by atoms with E-state index in [1.54, 1.807) is 14.2 Å². The van der Waals surface area contributed by atoms with E-state index < -0.39 is 0 Å². The van der Waals surface area contributed by atoms with Gasteiger partial charge in [0.15, 0.2) is 0 Å². The quantitative estimate of drug-likeness (QED) is 0.848. The maximum Gasteiger partial charge on any atom is 0.129 e. The molecule has 0 bridgehead atoms. The molecule has 5 nitrogen and oxygen atoms in total. The van der Waals surface area contributed by atoms with Gasteiger partial charge in [0.05, 0.1) is 0 Å². The van der Waals surface area contributed by atoms with Gasteiger partial charge in [0.25, 0.3) is 0 Å². The molecule has 2 atom stereocenters. The highest BCUT2D eigenvalue weighted by Gasteiger charge is 2.33. The standard InChI is InChI=1S/C15H25N3O2/c1-5-12-6-11(8-16-2)7-15(17-12)18-9-13(19-3)14(10-18)20-4/h6-7,13-14,16H,5,8-10H2,1-4H3. The third-order valence-corrected chi connectivity index (χ3v) is 3.81. The van der Waals surface area contributed by atoms with Gasteiger partial charge < -0.3 is 19.7 Å². The number of ether oxygens (including phenoxy) is 2. The number of methoxy groups -OCH3 is 2. The average Bonchev–Trinajstić information content (AvgIpc) is 2.90. The van der Waals surface area contributed by atoms with Crippen molar-refractivity contribution >= 4 is 5.82 Å². The maximum atomic E-state index is 5.49. The molecule has 1 aliphatic heterocycles.